The standard InChI is InChI=1S/C17H21N3O3S2/c21-15(20-17(22)19-12-4-1-2-5-12)7-9-24-10-13-11-25-16(18-13)14-6-3-8-23-14/h3,6,8,11-12H,1-2,4-5,7,9-10H2,(H2,19,20,21,22). The van der Waals surface area contributed by atoms with Crippen LogP contribution in [0.1, 0.15) is 37.8 Å². The van der Waals surface area contributed by atoms with Gasteiger partial charge in [0, 0.05) is 29.3 Å². The van der Waals surface area contributed by atoms with Gasteiger partial charge < -0.3 is 9.73 Å². The van der Waals surface area contributed by atoms with Crippen LogP contribution in [-0.2, 0) is 10.5 Å². The van der Waals surface area contributed by atoms with Crippen LogP contribution in [0.15, 0.2) is 28.2 Å². The maximum absolute atomic E-state index is 11.8. The highest BCUT2D eigenvalue weighted by molar-refractivity contribution is 7.98. The van der Waals surface area contributed by atoms with Gasteiger partial charge in [-0.2, -0.15) is 11.8 Å². The lowest BCUT2D eigenvalue weighted by Gasteiger charge is -2.12. The highest BCUT2D eigenvalue weighted by atomic mass is 32.2. The number of thiazole rings is 1. The van der Waals surface area contributed by atoms with E-state index in [4.69, 9.17) is 4.42 Å². The van der Waals surface area contributed by atoms with E-state index in [-0.39, 0.29) is 18.0 Å². The number of carbonyl (C=O) groups is 2. The molecular formula is C17H21N3O3S2. The number of amides is 3. The highest BCUT2D eigenvalue weighted by Crippen LogP contribution is 2.25. The summed E-state index contributed by atoms with van der Waals surface area (Å²) in [6, 6.07) is 3.57. The summed E-state index contributed by atoms with van der Waals surface area (Å²) >= 11 is 3.17. The van der Waals surface area contributed by atoms with Crippen LogP contribution in [0.5, 0.6) is 0 Å². The third kappa shape index (κ3) is 5.61. The van der Waals surface area contributed by atoms with Gasteiger partial charge >= 0.3 is 6.03 Å². The van der Waals surface area contributed by atoms with Gasteiger partial charge in [-0.05, 0) is 25.0 Å². The quantitative estimate of drug-likeness (QED) is 0.715. The Hall–Kier alpha value is -1.80. The van der Waals surface area contributed by atoms with Crippen molar-refractivity contribution >= 4 is 35.0 Å². The molecule has 2 N–H and O–H groups in total. The number of aromatic nitrogens is 1. The third-order valence-electron chi connectivity index (χ3n) is 3.95. The molecule has 0 saturated heterocycles. The van der Waals surface area contributed by atoms with E-state index in [0.29, 0.717) is 12.2 Å². The SMILES string of the molecule is O=C(CCSCc1csc(-c2ccco2)n1)NC(=O)NC1CCCC1. The first-order chi connectivity index (χ1) is 12.2. The maximum Gasteiger partial charge on any atom is 0.321 e. The molecule has 0 radical (unpaired) electrons. The van der Waals surface area contributed by atoms with E-state index in [0.717, 1.165) is 47.9 Å². The zero-order valence-corrected chi connectivity index (χ0v) is 15.5. The minimum atomic E-state index is -0.371. The maximum atomic E-state index is 11.8. The molecule has 2 aromatic heterocycles. The van der Waals surface area contributed by atoms with Crippen LogP contribution < -0.4 is 10.6 Å². The van der Waals surface area contributed by atoms with E-state index in [1.165, 1.54) is 0 Å². The summed E-state index contributed by atoms with van der Waals surface area (Å²) in [7, 11) is 0. The number of nitrogens with one attached hydrogen (secondary N) is 2. The molecule has 0 aromatic carbocycles. The number of rotatable bonds is 7. The van der Waals surface area contributed by atoms with Crippen molar-refractivity contribution in [2.45, 2.75) is 43.9 Å². The summed E-state index contributed by atoms with van der Waals surface area (Å²) in [6.07, 6.45) is 6.25. The first kappa shape index (κ1) is 18.0. The predicted octanol–water partition coefficient (Wildman–Crippen LogP) is 3.79. The first-order valence-corrected chi connectivity index (χ1v) is 10.4. The van der Waals surface area contributed by atoms with Gasteiger partial charge in [-0.25, -0.2) is 9.78 Å². The van der Waals surface area contributed by atoms with E-state index in [2.05, 4.69) is 15.6 Å². The monoisotopic (exact) mass is 379 g/mol. The number of imide groups is 1. The van der Waals surface area contributed by atoms with Gasteiger partial charge in [-0.15, -0.1) is 11.3 Å². The molecule has 3 amide bonds. The molecule has 1 saturated carbocycles. The lowest BCUT2D eigenvalue weighted by molar-refractivity contribution is -0.119. The second-order valence-corrected chi connectivity index (χ2v) is 7.89. The fourth-order valence-corrected chi connectivity index (χ4v) is 4.43. The Morgan fingerprint density at radius 1 is 1.36 bits per heavy atom. The van der Waals surface area contributed by atoms with Crippen molar-refractivity contribution in [2.24, 2.45) is 0 Å². The molecular weight excluding hydrogens is 358 g/mol. The molecule has 2 aromatic rings. The normalized spacial score (nSPS) is 14.6. The highest BCUT2D eigenvalue weighted by Gasteiger charge is 2.18. The zero-order valence-electron chi connectivity index (χ0n) is 13.8. The Labute approximate surface area is 154 Å². The molecule has 6 nitrogen and oxygen atoms in total. The Bertz CT molecular complexity index is 694. The van der Waals surface area contributed by atoms with Crippen LogP contribution in [-0.4, -0.2) is 28.7 Å². The van der Waals surface area contributed by atoms with Crippen LogP contribution in [0.2, 0.25) is 0 Å². The minimum absolute atomic E-state index is 0.218. The van der Waals surface area contributed by atoms with E-state index in [9.17, 15) is 9.59 Å². The molecule has 25 heavy (non-hydrogen) atoms. The molecule has 1 fully saturated rings. The lowest BCUT2D eigenvalue weighted by atomic mass is 10.2. The molecule has 8 heteroatoms. The number of nitrogens with zero attached hydrogens (tertiary/aromatic N) is 1. The van der Waals surface area contributed by atoms with Crippen molar-refractivity contribution in [1.29, 1.82) is 0 Å². The summed E-state index contributed by atoms with van der Waals surface area (Å²) in [6.45, 7) is 0. The Morgan fingerprint density at radius 2 is 2.20 bits per heavy atom. The smallest absolute Gasteiger partial charge is 0.321 e. The van der Waals surface area contributed by atoms with E-state index in [1.807, 2.05) is 17.5 Å². The van der Waals surface area contributed by atoms with Crippen LogP contribution in [0.3, 0.4) is 0 Å². The largest absolute Gasteiger partial charge is 0.462 e. The molecule has 0 spiro atoms. The topological polar surface area (TPSA) is 84.2 Å². The molecule has 0 atom stereocenters. The molecule has 3 rings (SSSR count). The van der Waals surface area contributed by atoms with Gasteiger partial charge in [0.2, 0.25) is 5.91 Å². The van der Waals surface area contributed by atoms with Crippen molar-refractivity contribution in [3.8, 4) is 10.8 Å². The number of hydrogen-bond acceptors (Lipinski definition) is 6. The summed E-state index contributed by atoms with van der Waals surface area (Å²) in [4.78, 5) is 28.0. The fraction of sp³-hybridized carbons (Fsp3) is 0.471. The number of urea groups is 1. The van der Waals surface area contributed by atoms with Crippen molar-refractivity contribution in [1.82, 2.24) is 15.6 Å². The second kappa shape index (κ2) is 9.05. The van der Waals surface area contributed by atoms with Crippen LogP contribution in [0.4, 0.5) is 4.79 Å². The van der Waals surface area contributed by atoms with Gasteiger partial charge in [-0.1, -0.05) is 12.8 Å². The summed E-state index contributed by atoms with van der Waals surface area (Å²) < 4.78 is 5.32. The number of carbonyl (C=O) groups excluding carboxylic acids is 2. The summed E-state index contributed by atoms with van der Waals surface area (Å²) in [5.41, 5.74) is 0.973. The Morgan fingerprint density at radius 3 is 2.96 bits per heavy atom. The van der Waals surface area contributed by atoms with Crippen molar-refractivity contribution in [2.75, 3.05) is 5.75 Å². The second-order valence-electron chi connectivity index (χ2n) is 5.93. The molecule has 2 heterocycles. The third-order valence-corrected chi connectivity index (χ3v) is 5.85. The molecule has 0 unspecified atom stereocenters. The molecule has 134 valence electrons. The van der Waals surface area contributed by atoms with Crippen molar-refractivity contribution in [3.05, 3.63) is 29.5 Å². The molecule has 1 aliphatic rings. The van der Waals surface area contributed by atoms with Crippen LogP contribution >= 0.6 is 23.1 Å². The fourth-order valence-electron chi connectivity index (χ4n) is 2.71. The van der Waals surface area contributed by atoms with E-state index < -0.39 is 0 Å². The molecule has 0 bridgehead atoms. The van der Waals surface area contributed by atoms with Gasteiger partial charge in [-0.3, -0.25) is 10.1 Å². The van der Waals surface area contributed by atoms with Crippen LogP contribution in [0, 0.1) is 0 Å². The average molecular weight is 380 g/mol. The number of hydrogen-bond donors (Lipinski definition) is 2. The Kier molecular flexibility index (Phi) is 6.52. The van der Waals surface area contributed by atoms with Gasteiger partial charge in [0.1, 0.15) is 0 Å². The van der Waals surface area contributed by atoms with Gasteiger partial charge in [0.15, 0.2) is 10.8 Å². The van der Waals surface area contributed by atoms with E-state index in [1.54, 1.807) is 29.4 Å². The van der Waals surface area contributed by atoms with E-state index >= 15 is 0 Å². The Balaban J connectivity index is 1.31. The predicted molar refractivity (Wildman–Crippen MR) is 99.5 cm³/mol. The number of thioether (sulfide) groups is 1. The summed E-state index contributed by atoms with van der Waals surface area (Å²) in [5, 5.41) is 8.11. The van der Waals surface area contributed by atoms with Crippen molar-refractivity contribution < 1.29 is 14.0 Å². The average Bonchev–Trinajstić information content (AvgIpc) is 3.32. The summed E-state index contributed by atoms with van der Waals surface area (Å²) in [5.74, 6) is 1.92. The number of furan rings is 1. The van der Waals surface area contributed by atoms with Gasteiger partial charge in [0.25, 0.3) is 0 Å². The molecule has 0 aliphatic heterocycles. The van der Waals surface area contributed by atoms with Gasteiger partial charge in [0.05, 0.1) is 12.0 Å². The lowest BCUT2D eigenvalue weighted by Crippen LogP contribution is -2.43. The molecule has 1 aliphatic carbocycles. The van der Waals surface area contributed by atoms with Crippen LogP contribution in [0.25, 0.3) is 10.8 Å². The zero-order chi connectivity index (χ0) is 17.5. The van der Waals surface area contributed by atoms with Crippen molar-refractivity contribution in [3.63, 3.8) is 0 Å². The minimum Gasteiger partial charge on any atom is -0.462 e. The first-order valence-electron chi connectivity index (χ1n) is 8.37.